The van der Waals surface area contributed by atoms with Crippen LogP contribution in [0.2, 0.25) is 0 Å². The first-order valence-corrected chi connectivity index (χ1v) is 7.53. The van der Waals surface area contributed by atoms with Gasteiger partial charge in [0.1, 0.15) is 11.5 Å². The minimum Gasteiger partial charge on any atom is -0.457 e. The smallest absolute Gasteiger partial charge is 0.241 e. The molecule has 0 aliphatic carbocycles. The number of anilines is 1. The van der Waals surface area contributed by atoms with Crippen LogP contribution in [-0.2, 0) is 4.79 Å². The van der Waals surface area contributed by atoms with E-state index in [4.69, 9.17) is 4.74 Å². The molecular weight excluding hydrogens is 349 g/mol. The summed E-state index contributed by atoms with van der Waals surface area (Å²) in [5, 5.41) is 6.18. The van der Waals surface area contributed by atoms with Crippen LogP contribution in [0.15, 0.2) is 48.8 Å². The second-order valence-electron chi connectivity index (χ2n) is 5.30. The molecule has 2 N–H and O–H groups in total. The molecule has 0 saturated carbocycles. The average molecular weight is 370 g/mol. The summed E-state index contributed by atoms with van der Waals surface area (Å²) in [7, 11) is 0. The SMILES string of the molecule is Cl.Cl.O=C(Nc1ccc(Oc2ccncc2)cc1)[C@H]1CCCCN1. The maximum atomic E-state index is 12.1. The number of ether oxygens (including phenoxy) is 1. The van der Waals surface area contributed by atoms with Gasteiger partial charge in [0.15, 0.2) is 0 Å². The highest BCUT2D eigenvalue weighted by atomic mass is 35.5. The molecule has 1 aromatic carbocycles. The van der Waals surface area contributed by atoms with E-state index in [9.17, 15) is 4.79 Å². The lowest BCUT2D eigenvalue weighted by Gasteiger charge is -2.22. The third-order valence-electron chi connectivity index (χ3n) is 3.63. The molecule has 2 aromatic rings. The standard InChI is InChI=1S/C17H19N3O2.2ClH/c21-17(16-3-1-2-10-19-16)20-13-4-6-14(7-5-13)22-15-8-11-18-12-9-15;;/h4-9,11-12,16,19H,1-3,10H2,(H,20,21);2*1H/t16-;;/m1../s1. The highest BCUT2D eigenvalue weighted by Crippen LogP contribution is 2.22. The molecule has 0 bridgehead atoms. The summed E-state index contributed by atoms with van der Waals surface area (Å²) in [6.45, 7) is 0.913. The number of nitrogens with one attached hydrogen (secondary N) is 2. The second kappa shape index (κ2) is 10.1. The Hall–Kier alpha value is -1.82. The van der Waals surface area contributed by atoms with E-state index in [1.807, 2.05) is 24.3 Å². The Morgan fingerprint density at radius 1 is 1.04 bits per heavy atom. The minimum atomic E-state index is -0.0819. The lowest BCUT2D eigenvalue weighted by molar-refractivity contribution is -0.118. The summed E-state index contributed by atoms with van der Waals surface area (Å²) in [6, 6.07) is 10.9. The topological polar surface area (TPSA) is 63.2 Å². The van der Waals surface area contributed by atoms with Crippen molar-refractivity contribution in [2.24, 2.45) is 0 Å². The number of amides is 1. The van der Waals surface area contributed by atoms with Gasteiger partial charge in [-0.25, -0.2) is 0 Å². The van der Waals surface area contributed by atoms with Crippen molar-refractivity contribution < 1.29 is 9.53 Å². The van der Waals surface area contributed by atoms with E-state index in [1.54, 1.807) is 24.5 Å². The first-order chi connectivity index (χ1) is 10.8. The highest BCUT2D eigenvalue weighted by molar-refractivity contribution is 5.94. The fourth-order valence-corrected chi connectivity index (χ4v) is 2.45. The van der Waals surface area contributed by atoms with E-state index in [-0.39, 0.29) is 36.8 Å². The maximum absolute atomic E-state index is 12.1. The number of carbonyl (C=O) groups is 1. The van der Waals surface area contributed by atoms with Crippen LogP contribution in [0, 0.1) is 0 Å². The molecule has 5 nitrogen and oxygen atoms in total. The number of rotatable bonds is 4. The summed E-state index contributed by atoms with van der Waals surface area (Å²) in [5.74, 6) is 1.49. The van der Waals surface area contributed by atoms with Crippen molar-refractivity contribution in [3.63, 3.8) is 0 Å². The van der Waals surface area contributed by atoms with Gasteiger partial charge in [-0.15, -0.1) is 24.8 Å². The number of benzene rings is 1. The first kappa shape index (κ1) is 20.2. The van der Waals surface area contributed by atoms with Crippen molar-refractivity contribution in [1.29, 1.82) is 0 Å². The van der Waals surface area contributed by atoms with E-state index >= 15 is 0 Å². The second-order valence-corrected chi connectivity index (χ2v) is 5.30. The van der Waals surface area contributed by atoms with Crippen LogP contribution in [-0.4, -0.2) is 23.5 Å². The molecule has 3 rings (SSSR count). The van der Waals surface area contributed by atoms with E-state index in [1.165, 1.54) is 0 Å². The Bertz CT molecular complexity index is 617. The summed E-state index contributed by atoms with van der Waals surface area (Å²) in [5.41, 5.74) is 0.777. The van der Waals surface area contributed by atoms with Gasteiger partial charge in [-0.3, -0.25) is 9.78 Å². The lowest BCUT2D eigenvalue weighted by atomic mass is 10.0. The minimum absolute atomic E-state index is 0. The molecule has 2 heterocycles. The molecule has 0 unspecified atom stereocenters. The molecule has 1 amide bonds. The largest absolute Gasteiger partial charge is 0.457 e. The number of carbonyl (C=O) groups excluding carboxylic acids is 1. The summed E-state index contributed by atoms with van der Waals surface area (Å²) >= 11 is 0. The van der Waals surface area contributed by atoms with Crippen LogP contribution >= 0.6 is 24.8 Å². The number of halogens is 2. The summed E-state index contributed by atoms with van der Waals surface area (Å²) < 4.78 is 5.69. The van der Waals surface area contributed by atoms with Crippen LogP contribution in [0.1, 0.15) is 19.3 Å². The number of piperidine rings is 1. The zero-order valence-corrected chi connectivity index (χ0v) is 14.7. The average Bonchev–Trinajstić information content (AvgIpc) is 2.58. The molecule has 24 heavy (non-hydrogen) atoms. The number of hydrogen-bond donors (Lipinski definition) is 2. The van der Waals surface area contributed by atoms with Crippen LogP contribution in [0.3, 0.4) is 0 Å². The maximum Gasteiger partial charge on any atom is 0.241 e. The number of hydrogen-bond acceptors (Lipinski definition) is 4. The Morgan fingerprint density at radius 3 is 2.33 bits per heavy atom. The van der Waals surface area contributed by atoms with Crippen molar-refractivity contribution in [1.82, 2.24) is 10.3 Å². The molecule has 1 fully saturated rings. The zero-order valence-electron chi connectivity index (χ0n) is 13.1. The first-order valence-electron chi connectivity index (χ1n) is 7.53. The summed E-state index contributed by atoms with van der Waals surface area (Å²) in [4.78, 5) is 16.1. The van der Waals surface area contributed by atoms with Gasteiger partial charge < -0.3 is 15.4 Å². The molecule has 1 aliphatic heterocycles. The van der Waals surface area contributed by atoms with Gasteiger partial charge in [0.2, 0.25) is 5.91 Å². The van der Waals surface area contributed by atoms with E-state index in [0.717, 1.165) is 43.0 Å². The molecule has 1 aliphatic rings. The summed E-state index contributed by atoms with van der Waals surface area (Å²) in [6.07, 6.45) is 6.51. The Morgan fingerprint density at radius 2 is 1.71 bits per heavy atom. The quantitative estimate of drug-likeness (QED) is 0.860. The van der Waals surface area contributed by atoms with E-state index < -0.39 is 0 Å². The third-order valence-corrected chi connectivity index (χ3v) is 3.63. The fraction of sp³-hybridized carbons (Fsp3) is 0.294. The third kappa shape index (κ3) is 5.67. The van der Waals surface area contributed by atoms with Gasteiger partial charge in [-0.1, -0.05) is 6.42 Å². The molecule has 1 aromatic heterocycles. The van der Waals surface area contributed by atoms with Gasteiger partial charge in [-0.2, -0.15) is 0 Å². The van der Waals surface area contributed by atoms with Crippen molar-refractivity contribution in [3.05, 3.63) is 48.8 Å². The molecule has 0 spiro atoms. The number of nitrogens with zero attached hydrogens (tertiary/aromatic N) is 1. The molecule has 1 saturated heterocycles. The zero-order chi connectivity index (χ0) is 15.2. The van der Waals surface area contributed by atoms with Crippen molar-refractivity contribution in [2.75, 3.05) is 11.9 Å². The monoisotopic (exact) mass is 369 g/mol. The number of aromatic nitrogens is 1. The van der Waals surface area contributed by atoms with Gasteiger partial charge in [-0.05, 0) is 55.8 Å². The van der Waals surface area contributed by atoms with Crippen molar-refractivity contribution in [3.8, 4) is 11.5 Å². The molecule has 7 heteroatoms. The Labute approximate surface area is 154 Å². The molecule has 1 atom stereocenters. The van der Waals surface area contributed by atoms with Crippen LogP contribution in [0.5, 0.6) is 11.5 Å². The molecule has 130 valence electrons. The predicted molar refractivity (Wildman–Crippen MR) is 99.5 cm³/mol. The van der Waals surface area contributed by atoms with E-state index in [2.05, 4.69) is 15.6 Å². The normalized spacial score (nSPS) is 16.2. The fourth-order valence-electron chi connectivity index (χ4n) is 2.45. The highest BCUT2D eigenvalue weighted by Gasteiger charge is 2.20. The van der Waals surface area contributed by atoms with Gasteiger partial charge in [0.05, 0.1) is 6.04 Å². The van der Waals surface area contributed by atoms with Gasteiger partial charge in [0, 0.05) is 18.1 Å². The predicted octanol–water partition coefficient (Wildman–Crippen LogP) is 3.80. The van der Waals surface area contributed by atoms with Crippen LogP contribution in [0.4, 0.5) is 5.69 Å². The van der Waals surface area contributed by atoms with Crippen LogP contribution in [0.25, 0.3) is 0 Å². The molecular formula is C17H21Cl2N3O2. The number of pyridine rings is 1. The van der Waals surface area contributed by atoms with Gasteiger partial charge >= 0.3 is 0 Å². The van der Waals surface area contributed by atoms with Gasteiger partial charge in [0.25, 0.3) is 0 Å². The Kier molecular flexibility index (Phi) is 8.54. The lowest BCUT2D eigenvalue weighted by Crippen LogP contribution is -2.43. The van der Waals surface area contributed by atoms with Crippen LogP contribution < -0.4 is 15.4 Å². The Balaban J connectivity index is 0.00000144. The van der Waals surface area contributed by atoms with Crippen molar-refractivity contribution in [2.45, 2.75) is 25.3 Å². The van der Waals surface area contributed by atoms with E-state index in [0.29, 0.717) is 0 Å². The molecule has 0 radical (unpaired) electrons. The van der Waals surface area contributed by atoms with Crippen molar-refractivity contribution >= 4 is 36.4 Å².